The van der Waals surface area contributed by atoms with E-state index in [1.807, 2.05) is 0 Å². The number of rotatable bonds is 2. The highest BCUT2D eigenvalue weighted by atomic mass is 19.1. The highest BCUT2D eigenvalue weighted by molar-refractivity contribution is 5.98. The molecule has 0 radical (unpaired) electrons. The van der Waals surface area contributed by atoms with Crippen LogP contribution in [-0.2, 0) is 16.8 Å². The lowest BCUT2D eigenvalue weighted by Gasteiger charge is -2.24. The number of carbonyl (C=O) groups excluding carboxylic acids is 2. The van der Waals surface area contributed by atoms with E-state index in [0.717, 1.165) is 0 Å². The quantitative estimate of drug-likeness (QED) is 0.851. The summed E-state index contributed by atoms with van der Waals surface area (Å²) in [6.07, 6.45) is 1.02. The van der Waals surface area contributed by atoms with Gasteiger partial charge < -0.3 is 15.3 Å². The number of β-amino-alcohol motifs (C(OH)–C–C–N with tert-alkyl or cyclic N) is 1. The number of anilines is 1. The van der Waals surface area contributed by atoms with Crippen molar-refractivity contribution in [2.75, 3.05) is 18.4 Å². The third-order valence-electron chi connectivity index (χ3n) is 5.24. The Morgan fingerprint density at radius 3 is 2.63 bits per heavy atom. The smallest absolute Gasteiger partial charge is 0.256 e. The van der Waals surface area contributed by atoms with Gasteiger partial charge in [0.05, 0.1) is 12.1 Å². The number of aryl methyl sites for hydroxylation is 1. The van der Waals surface area contributed by atoms with Crippen molar-refractivity contribution in [2.45, 2.75) is 24.9 Å². The monoisotopic (exact) mass is 372 g/mol. The highest BCUT2D eigenvalue weighted by Crippen LogP contribution is 2.34. The molecule has 27 heavy (non-hydrogen) atoms. The molecule has 2 aliphatic rings. The number of carbonyl (C=O) groups is 2. The molecule has 2 N–H and O–H groups in total. The summed E-state index contributed by atoms with van der Waals surface area (Å²) in [4.78, 5) is 25.6. The van der Waals surface area contributed by atoms with Gasteiger partial charge in [0.1, 0.15) is 17.2 Å². The zero-order chi connectivity index (χ0) is 19.2. The van der Waals surface area contributed by atoms with E-state index in [4.69, 9.17) is 0 Å². The normalized spacial score (nSPS) is 21.7. The minimum Gasteiger partial charge on any atom is -0.383 e. The summed E-state index contributed by atoms with van der Waals surface area (Å²) in [5.74, 6) is -1.80. The van der Waals surface area contributed by atoms with Gasteiger partial charge in [-0.3, -0.25) is 9.59 Å². The molecule has 1 atom stereocenters. The Kier molecular flexibility index (Phi) is 4.19. The molecule has 2 aromatic carbocycles. The number of nitrogens with zero attached hydrogens (tertiary/aromatic N) is 1. The molecule has 5 nitrogen and oxygen atoms in total. The summed E-state index contributed by atoms with van der Waals surface area (Å²) in [5, 5.41) is 13.5. The molecular formula is C20H18F2N2O3. The summed E-state index contributed by atoms with van der Waals surface area (Å²) < 4.78 is 27.6. The first-order valence-corrected chi connectivity index (χ1v) is 8.76. The zero-order valence-electron chi connectivity index (χ0n) is 14.5. The van der Waals surface area contributed by atoms with Crippen molar-refractivity contribution in [1.82, 2.24) is 4.90 Å². The van der Waals surface area contributed by atoms with Gasteiger partial charge in [0.2, 0.25) is 5.91 Å². The SMILES string of the molecule is O=C1CCc2cc(C(=O)N3CCC(O)(c4ccc(F)cc4)C3)c(F)cc2N1. The maximum atomic E-state index is 14.5. The van der Waals surface area contributed by atoms with E-state index in [2.05, 4.69) is 5.32 Å². The van der Waals surface area contributed by atoms with Crippen molar-refractivity contribution in [1.29, 1.82) is 0 Å². The Balaban J connectivity index is 1.57. The Morgan fingerprint density at radius 2 is 1.89 bits per heavy atom. The van der Waals surface area contributed by atoms with Crippen LogP contribution < -0.4 is 5.32 Å². The predicted molar refractivity (Wildman–Crippen MR) is 94.2 cm³/mol. The third-order valence-corrected chi connectivity index (χ3v) is 5.24. The average Bonchev–Trinajstić information content (AvgIpc) is 3.04. The van der Waals surface area contributed by atoms with E-state index < -0.39 is 23.1 Å². The van der Waals surface area contributed by atoms with Gasteiger partial charge in [0.25, 0.3) is 5.91 Å². The molecule has 1 unspecified atom stereocenters. The number of aliphatic hydroxyl groups is 1. The predicted octanol–water partition coefficient (Wildman–Crippen LogP) is 2.58. The second-order valence-electron chi connectivity index (χ2n) is 7.05. The molecule has 0 bridgehead atoms. The first-order chi connectivity index (χ1) is 12.9. The molecule has 0 spiro atoms. The molecule has 2 aromatic rings. The van der Waals surface area contributed by atoms with Gasteiger partial charge in [-0.15, -0.1) is 0 Å². The Bertz CT molecular complexity index is 930. The van der Waals surface area contributed by atoms with E-state index >= 15 is 0 Å². The van der Waals surface area contributed by atoms with Crippen molar-refractivity contribution in [3.05, 3.63) is 64.7 Å². The van der Waals surface area contributed by atoms with E-state index in [0.29, 0.717) is 29.7 Å². The van der Waals surface area contributed by atoms with Crippen LogP contribution in [0.25, 0.3) is 0 Å². The Morgan fingerprint density at radius 1 is 1.15 bits per heavy atom. The number of hydrogen-bond donors (Lipinski definition) is 2. The fourth-order valence-corrected chi connectivity index (χ4v) is 3.70. The molecule has 1 fully saturated rings. The fraction of sp³-hybridized carbons (Fsp3) is 0.300. The molecule has 0 aliphatic carbocycles. The Hall–Kier alpha value is -2.80. The lowest BCUT2D eigenvalue weighted by molar-refractivity contribution is -0.116. The summed E-state index contributed by atoms with van der Waals surface area (Å²) >= 11 is 0. The van der Waals surface area contributed by atoms with Gasteiger partial charge >= 0.3 is 0 Å². The van der Waals surface area contributed by atoms with Gasteiger partial charge in [-0.1, -0.05) is 12.1 Å². The first-order valence-electron chi connectivity index (χ1n) is 8.76. The summed E-state index contributed by atoms with van der Waals surface area (Å²) in [6.45, 7) is 0.269. The van der Waals surface area contributed by atoms with E-state index in [1.165, 1.54) is 41.3 Å². The number of fused-ring (bicyclic) bond motifs is 1. The molecule has 0 saturated carbocycles. The van der Waals surface area contributed by atoms with Gasteiger partial charge in [0.15, 0.2) is 0 Å². The molecule has 4 rings (SSSR count). The van der Waals surface area contributed by atoms with Crippen LogP contribution in [0, 0.1) is 11.6 Å². The molecule has 140 valence electrons. The number of nitrogens with one attached hydrogen (secondary N) is 1. The van der Waals surface area contributed by atoms with Crippen molar-refractivity contribution in [3.63, 3.8) is 0 Å². The van der Waals surface area contributed by atoms with Crippen molar-refractivity contribution in [2.24, 2.45) is 0 Å². The van der Waals surface area contributed by atoms with Crippen LogP contribution in [-0.4, -0.2) is 34.9 Å². The average molecular weight is 372 g/mol. The van der Waals surface area contributed by atoms with Crippen LogP contribution in [0.2, 0.25) is 0 Å². The van der Waals surface area contributed by atoms with Crippen molar-refractivity contribution < 1.29 is 23.5 Å². The molecule has 0 aromatic heterocycles. The summed E-state index contributed by atoms with van der Waals surface area (Å²) in [6, 6.07) is 8.14. The maximum Gasteiger partial charge on any atom is 0.256 e. The second kappa shape index (κ2) is 6.42. The van der Waals surface area contributed by atoms with Crippen molar-refractivity contribution >= 4 is 17.5 Å². The van der Waals surface area contributed by atoms with Crippen LogP contribution in [0.1, 0.15) is 34.3 Å². The van der Waals surface area contributed by atoms with E-state index in [1.54, 1.807) is 0 Å². The molecular weight excluding hydrogens is 354 g/mol. The molecule has 2 amide bonds. The Labute approximate surface area is 154 Å². The third kappa shape index (κ3) is 3.19. The minimum atomic E-state index is -1.29. The number of benzene rings is 2. The molecule has 1 saturated heterocycles. The zero-order valence-corrected chi connectivity index (χ0v) is 14.5. The van der Waals surface area contributed by atoms with Gasteiger partial charge in [0, 0.05) is 18.7 Å². The van der Waals surface area contributed by atoms with Crippen LogP contribution in [0.3, 0.4) is 0 Å². The second-order valence-corrected chi connectivity index (χ2v) is 7.05. The molecule has 2 heterocycles. The number of amides is 2. The number of likely N-dealkylation sites (tertiary alicyclic amines) is 1. The summed E-state index contributed by atoms with van der Waals surface area (Å²) in [7, 11) is 0. The molecule has 7 heteroatoms. The van der Waals surface area contributed by atoms with Crippen molar-refractivity contribution in [3.8, 4) is 0 Å². The van der Waals surface area contributed by atoms with Gasteiger partial charge in [-0.2, -0.15) is 0 Å². The lowest BCUT2D eigenvalue weighted by atomic mass is 9.93. The topological polar surface area (TPSA) is 69.6 Å². The van der Waals surface area contributed by atoms with Crippen LogP contribution in [0.5, 0.6) is 0 Å². The largest absolute Gasteiger partial charge is 0.383 e. The van der Waals surface area contributed by atoms with E-state index in [9.17, 15) is 23.5 Å². The van der Waals surface area contributed by atoms with Gasteiger partial charge in [-0.05, 0) is 48.2 Å². The van der Waals surface area contributed by atoms with Gasteiger partial charge in [-0.25, -0.2) is 8.78 Å². The highest BCUT2D eigenvalue weighted by Gasteiger charge is 2.40. The standard InChI is InChI=1S/C20H18F2N2O3/c21-14-4-2-13(3-5-14)20(27)7-8-24(11-20)19(26)15-9-12-1-6-18(25)23-17(12)10-16(15)22/h2-5,9-10,27H,1,6-8,11H2,(H,23,25). The fourth-order valence-electron chi connectivity index (χ4n) is 3.70. The first kappa shape index (κ1) is 17.6. The van der Waals surface area contributed by atoms with Crippen LogP contribution in [0.15, 0.2) is 36.4 Å². The lowest BCUT2D eigenvalue weighted by Crippen LogP contribution is -2.35. The van der Waals surface area contributed by atoms with Crippen LogP contribution in [0.4, 0.5) is 14.5 Å². The maximum absolute atomic E-state index is 14.5. The van der Waals surface area contributed by atoms with Crippen LogP contribution >= 0.6 is 0 Å². The summed E-state index contributed by atoms with van der Waals surface area (Å²) in [5.41, 5.74) is 0.264. The molecule has 2 aliphatic heterocycles. The number of halogens is 2. The minimum absolute atomic E-state index is 0.00469. The number of hydrogen-bond acceptors (Lipinski definition) is 3. The van der Waals surface area contributed by atoms with E-state index in [-0.39, 0.29) is 31.0 Å².